The van der Waals surface area contributed by atoms with Crippen LogP contribution in [-0.4, -0.2) is 39.3 Å². The van der Waals surface area contributed by atoms with Crippen molar-refractivity contribution in [2.75, 3.05) is 29.9 Å². The van der Waals surface area contributed by atoms with E-state index < -0.39 is 0 Å². The van der Waals surface area contributed by atoms with E-state index in [-0.39, 0.29) is 12.4 Å². The van der Waals surface area contributed by atoms with Crippen LogP contribution in [0.25, 0.3) is 0 Å². The summed E-state index contributed by atoms with van der Waals surface area (Å²) in [4.78, 5) is 2.61. The van der Waals surface area contributed by atoms with E-state index in [4.69, 9.17) is 0 Å². The summed E-state index contributed by atoms with van der Waals surface area (Å²) in [6.45, 7) is 3.25. The molecule has 2 aromatic rings. The van der Waals surface area contributed by atoms with Gasteiger partial charge in [-0.3, -0.25) is 9.58 Å². The van der Waals surface area contributed by atoms with Crippen molar-refractivity contribution >= 4 is 29.9 Å². The molecule has 23 heavy (non-hydrogen) atoms. The van der Waals surface area contributed by atoms with E-state index in [0.717, 1.165) is 31.8 Å². The van der Waals surface area contributed by atoms with Gasteiger partial charge < -0.3 is 5.32 Å². The molecule has 3 heterocycles. The summed E-state index contributed by atoms with van der Waals surface area (Å²) in [7, 11) is 2.00. The van der Waals surface area contributed by atoms with E-state index in [1.165, 1.54) is 28.1 Å². The minimum Gasteiger partial charge on any atom is -0.384 e. The Balaban J connectivity index is 0.00000156. The van der Waals surface area contributed by atoms with Crippen molar-refractivity contribution in [3.8, 4) is 0 Å². The molecule has 0 saturated carbocycles. The molecule has 4 rings (SSSR count). The number of anilines is 1. The van der Waals surface area contributed by atoms with E-state index >= 15 is 0 Å². The molecule has 1 aromatic carbocycles. The number of nitrogens with one attached hydrogen (secondary N) is 1. The van der Waals surface area contributed by atoms with E-state index in [1.807, 2.05) is 17.9 Å². The first-order chi connectivity index (χ1) is 10.8. The Kier molecular flexibility index (Phi) is 5.19. The van der Waals surface area contributed by atoms with Crippen LogP contribution < -0.4 is 5.32 Å². The van der Waals surface area contributed by atoms with E-state index in [9.17, 15) is 0 Å². The van der Waals surface area contributed by atoms with Crippen molar-refractivity contribution in [2.45, 2.75) is 19.0 Å². The monoisotopic (exact) mass is 350 g/mol. The second-order valence-corrected chi connectivity index (χ2v) is 7.29. The fourth-order valence-corrected chi connectivity index (χ4v) is 4.66. The molecule has 1 aromatic heterocycles. The van der Waals surface area contributed by atoms with Crippen LogP contribution in [0.15, 0.2) is 30.6 Å². The lowest BCUT2D eigenvalue weighted by atomic mass is 10.1. The first-order valence-electron chi connectivity index (χ1n) is 7.96. The summed E-state index contributed by atoms with van der Waals surface area (Å²) >= 11 is 2.05. The van der Waals surface area contributed by atoms with Crippen LogP contribution in [-0.2, 0) is 20.0 Å². The number of hydrogen-bond donors (Lipinski definition) is 1. The lowest BCUT2D eigenvalue weighted by Crippen LogP contribution is -2.35. The number of aromatic nitrogens is 2. The maximum Gasteiger partial charge on any atom is 0.0537 e. The molecule has 1 atom stereocenters. The van der Waals surface area contributed by atoms with Crippen LogP contribution >= 0.6 is 24.2 Å². The first kappa shape index (κ1) is 16.7. The number of hydrogen-bond acceptors (Lipinski definition) is 4. The molecular weight excluding hydrogens is 328 g/mol. The third kappa shape index (κ3) is 3.37. The van der Waals surface area contributed by atoms with Crippen LogP contribution in [0.3, 0.4) is 0 Å². The Labute approximate surface area is 148 Å². The zero-order valence-electron chi connectivity index (χ0n) is 13.4. The highest BCUT2D eigenvalue weighted by Crippen LogP contribution is 2.33. The summed E-state index contributed by atoms with van der Waals surface area (Å²) < 4.78 is 1.91. The summed E-state index contributed by atoms with van der Waals surface area (Å²) in [6.07, 6.45) is 5.35. The van der Waals surface area contributed by atoms with Crippen LogP contribution in [0.1, 0.15) is 22.7 Å². The molecule has 1 fully saturated rings. The smallest absolute Gasteiger partial charge is 0.0537 e. The standard InChI is InChI=1S/C17H22N4S.ClH/c1-20-10-15(9-19-20)16-12-22-8-7-21(16)11-14-4-2-3-13-5-6-18-17(13)14;/h2-4,9-10,16,18H,5-8,11-12H2,1H3;1H. The molecular formula is C17H23ClN4S. The predicted molar refractivity (Wildman–Crippen MR) is 99.6 cm³/mol. The van der Waals surface area contributed by atoms with Gasteiger partial charge in [-0.15, -0.1) is 12.4 Å². The molecule has 4 nitrogen and oxygen atoms in total. The van der Waals surface area contributed by atoms with Crippen LogP contribution in [0.4, 0.5) is 5.69 Å². The van der Waals surface area contributed by atoms with Crippen molar-refractivity contribution in [2.24, 2.45) is 7.05 Å². The maximum absolute atomic E-state index is 4.36. The highest BCUT2D eigenvalue weighted by atomic mass is 35.5. The SMILES string of the molecule is Cl.Cn1cc(C2CSCCN2Cc2cccc3c2NCC3)cn1. The first-order valence-corrected chi connectivity index (χ1v) is 9.12. The molecule has 0 aliphatic carbocycles. The molecule has 1 saturated heterocycles. The second kappa shape index (κ2) is 7.16. The van der Waals surface area contributed by atoms with Gasteiger partial charge >= 0.3 is 0 Å². The summed E-state index contributed by atoms with van der Waals surface area (Å²) in [5, 5.41) is 7.93. The Morgan fingerprint density at radius 2 is 2.30 bits per heavy atom. The minimum atomic E-state index is 0. The van der Waals surface area contributed by atoms with Crippen molar-refractivity contribution in [3.05, 3.63) is 47.3 Å². The quantitative estimate of drug-likeness (QED) is 0.922. The van der Waals surface area contributed by atoms with Crippen molar-refractivity contribution in [1.29, 1.82) is 0 Å². The molecule has 0 amide bonds. The fourth-order valence-electron chi connectivity index (χ4n) is 3.51. The molecule has 124 valence electrons. The van der Waals surface area contributed by atoms with Gasteiger partial charge in [0.1, 0.15) is 0 Å². The molecule has 1 unspecified atom stereocenters. The minimum absolute atomic E-state index is 0. The van der Waals surface area contributed by atoms with Gasteiger partial charge in [-0.1, -0.05) is 18.2 Å². The van der Waals surface area contributed by atoms with E-state index in [2.05, 4.69) is 51.5 Å². The molecule has 2 aliphatic rings. The van der Waals surface area contributed by atoms with Crippen molar-refractivity contribution in [1.82, 2.24) is 14.7 Å². The summed E-state index contributed by atoms with van der Waals surface area (Å²) in [6, 6.07) is 7.21. The number of nitrogens with zero attached hydrogens (tertiary/aromatic N) is 3. The molecule has 0 bridgehead atoms. The number of fused-ring (bicyclic) bond motifs is 1. The number of thioether (sulfide) groups is 1. The zero-order valence-corrected chi connectivity index (χ0v) is 15.0. The largest absolute Gasteiger partial charge is 0.384 e. The lowest BCUT2D eigenvalue weighted by Gasteiger charge is -2.35. The van der Waals surface area contributed by atoms with Crippen LogP contribution in [0.5, 0.6) is 0 Å². The Morgan fingerprint density at radius 3 is 3.13 bits per heavy atom. The average molecular weight is 351 g/mol. The normalized spacial score (nSPS) is 20.7. The van der Waals surface area contributed by atoms with Crippen molar-refractivity contribution < 1.29 is 0 Å². The van der Waals surface area contributed by atoms with Gasteiger partial charge in [-0.2, -0.15) is 16.9 Å². The van der Waals surface area contributed by atoms with E-state index in [0.29, 0.717) is 6.04 Å². The van der Waals surface area contributed by atoms with Gasteiger partial charge in [0, 0.05) is 61.7 Å². The highest BCUT2D eigenvalue weighted by molar-refractivity contribution is 7.99. The zero-order chi connectivity index (χ0) is 14.9. The number of halogens is 1. The molecule has 0 spiro atoms. The van der Waals surface area contributed by atoms with Gasteiger partial charge in [0.15, 0.2) is 0 Å². The summed E-state index contributed by atoms with van der Waals surface area (Å²) in [5.41, 5.74) is 5.64. The predicted octanol–water partition coefficient (Wildman–Crippen LogP) is 3.10. The van der Waals surface area contributed by atoms with Gasteiger partial charge in [0.2, 0.25) is 0 Å². The maximum atomic E-state index is 4.36. The Hall–Kier alpha value is -1.17. The third-order valence-electron chi connectivity index (χ3n) is 4.66. The number of aryl methyl sites for hydroxylation is 1. The Bertz CT molecular complexity index is 672. The van der Waals surface area contributed by atoms with Gasteiger partial charge in [-0.25, -0.2) is 0 Å². The van der Waals surface area contributed by atoms with Crippen LogP contribution in [0, 0.1) is 0 Å². The number of para-hydroxylation sites is 1. The van der Waals surface area contributed by atoms with Gasteiger partial charge in [-0.05, 0) is 17.5 Å². The second-order valence-electron chi connectivity index (χ2n) is 6.14. The van der Waals surface area contributed by atoms with Gasteiger partial charge in [0.25, 0.3) is 0 Å². The number of benzene rings is 1. The average Bonchev–Trinajstić information content (AvgIpc) is 3.17. The Morgan fingerprint density at radius 1 is 1.39 bits per heavy atom. The topological polar surface area (TPSA) is 33.1 Å². The number of rotatable bonds is 3. The van der Waals surface area contributed by atoms with Gasteiger partial charge in [0.05, 0.1) is 6.20 Å². The fraction of sp³-hybridized carbons (Fsp3) is 0.471. The highest BCUT2D eigenvalue weighted by Gasteiger charge is 2.26. The van der Waals surface area contributed by atoms with E-state index in [1.54, 1.807) is 0 Å². The van der Waals surface area contributed by atoms with Crippen LogP contribution in [0.2, 0.25) is 0 Å². The molecule has 0 radical (unpaired) electrons. The lowest BCUT2D eigenvalue weighted by molar-refractivity contribution is 0.212. The third-order valence-corrected chi connectivity index (χ3v) is 5.68. The van der Waals surface area contributed by atoms with Crippen molar-refractivity contribution in [3.63, 3.8) is 0 Å². The molecule has 2 aliphatic heterocycles. The molecule has 1 N–H and O–H groups in total. The molecule has 6 heteroatoms. The summed E-state index contributed by atoms with van der Waals surface area (Å²) in [5.74, 6) is 2.38.